The SMILES string of the molecule is CCP1(=S)C=C(c2ccccc2)N(c2ccccc2)N=C1C(C)=O. The molecule has 2 aromatic carbocycles. The van der Waals surface area contributed by atoms with Gasteiger partial charge in [0.15, 0.2) is 5.78 Å². The van der Waals surface area contributed by atoms with Gasteiger partial charge in [0.1, 0.15) is 5.45 Å². The Balaban J connectivity index is 2.21. The Labute approximate surface area is 147 Å². The van der Waals surface area contributed by atoms with Gasteiger partial charge in [-0.25, -0.2) is 5.01 Å². The number of hydrogen-bond acceptors (Lipinski definition) is 4. The highest BCUT2D eigenvalue weighted by Gasteiger charge is 2.32. The minimum atomic E-state index is -2.11. The van der Waals surface area contributed by atoms with E-state index in [1.165, 1.54) is 0 Å². The molecule has 1 aliphatic rings. The van der Waals surface area contributed by atoms with Crippen molar-refractivity contribution in [1.29, 1.82) is 0 Å². The van der Waals surface area contributed by atoms with Crippen LogP contribution in [-0.4, -0.2) is 17.4 Å². The van der Waals surface area contributed by atoms with E-state index in [0.717, 1.165) is 23.1 Å². The lowest BCUT2D eigenvalue weighted by molar-refractivity contribution is -0.110. The van der Waals surface area contributed by atoms with Gasteiger partial charge in [0.2, 0.25) is 0 Å². The molecule has 0 saturated heterocycles. The van der Waals surface area contributed by atoms with Gasteiger partial charge < -0.3 is 0 Å². The van der Waals surface area contributed by atoms with Gasteiger partial charge in [-0.3, -0.25) is 4.79 Å². The van der Waals surface area contributed by atoms with Crippen molar-refractivity contribution in [1.82, 2.24) is 0 Å². The van der Waals surface area contributed by atoms with Gasteiger partial charge in [-0.1, -0.05) is 67.3 Å². The zero-order valence-electron chi connectivity index (χ0n) is 13.7. The predicted molar refractivity (Wildman–Crippen MR) is 106 cm³/mol. The van der Waals surface area contributed by atoms with Gasteiger partial charge in [-0.2, -0.15) is 5.10 Å². The molecule has 0 saturated carbocycles. The van der Waals surface area contributed by atoms with E-state index in [-0.39, 0.29) is 5.78 Å². The van der Waals surface area contributed by atoms with E-state index >= 15 is 0 Å². The number of Topliss-reactive ketones (excluding diaryl/α,β-unsaturated/α-hetero) is 1. The van der Waals surface area contributed by atoms with Crippen LogP contribution < -0.4 is 5.01 Å². The number of hydrazone groups is 1. The first-order valence-corrected chi connectivity index (χ1v) is 10.9. The number of rotatable bonds is 4. The molecule has 0 N–H and O–H groups in total. The van der Waals surface area contributed by atoms with Crippen LogP contribution in [0.25, 0.3) is 5.70 Å². The molecule has 0 spiro atoms. The van der Waals surface area contributed by atoms with Crippen molar-refractivity contribution >= 4 is 40.5 Å². The second-order valence-corrected chi connectivity index (χ2v) is 10.5. The fourth-order valence-electron chi connectivity index (χ4n) is 2.69. The average molecular weight is 354 g/mol. The Morgan fingerprint density at radius 3 is 2.21 bits per heavy atom. The first-order chi connectivity index (χ1) is 11.5. The molecule has 0 aromatic heterocycles. The predicted octanol–water partition coefficient (Wildman–Crippen LogP) is 4.91. The molecule has 0 fully saturated rings. The Bertz CT molecular complexity index is 859. The summed E-state index contributed by atoms with van der Waals surface area (Å²) in [5.74, 6) is 2.07. The van der Waals surface area contributed by atoms with Gasteiger partial charge in [-0.15, -0.1) is 0 Å². The molecule has 122 valence electrons. The van der Waals surface area contributed by atoms with Gasteiger partial charge >= 0.3 is 0 Å². The molecule has 1 atom stereocenters. The van der Waals surface area contributed by atoms with E-state index in [1.54, 1.807) is 6.92 Å². The molecular weight excluding hydrogens is 335 g/mol. The molecule has 3 rings (SSSR count). The van der Waals surface area contributed by atoms with Crippen molar-refractivity contribution in [2.24, 2.45) is 5.10 Å². The molecule has 24 heavy (non-hydrogen) atoms. The van der Waals surface area contributed by atoms with Crippen LogP contribution in [0.1, 0.15) is 19.4 Å². The van der Waals surface area contributed by atoms with Crippen molar-refractivity contribution < 1.29 is 4.79 Å². The number of carbonyl (C=O) groups is 1. The second-order valence-electron chi connectivity index (χ2n) is 5.62. The molecule has 0 aliphatic carbocycles. The third kappa shape index (κ3) is 3.12. The third-order valence-electron chi connectivity index (χ3n) is 3.97. The lowest BCUT2D eigenvalue weighted by Gasteiger charge is -2.32. The molecular formula is C19H19N2OPS. The lowest BCUT2D eigenvalue weighted by Crippen LogP contribution is -2.25. The Morgan fingerprint density at radius 2 is 1.67 bits per heavy atom. The van der Waals surface area contributed by atoms with Crippen LogP contribution in [0.4, 0.5) is 5.69 Å². The van der Waals surface area contributed by atoms with Crippen LogP contribution in [0.5, 0.6) is 0 Å². The number of nitrogens with zero attached hydrogens (tertiary/aromatic N) is 2. The Morgan fingerprint density at radius 1 is 1.08 bits per heavy atom. The van der Waals surface area contributed by atoms with Crippen LogP contribution in [0.2, 0.25) is 0 Å². The van der Waals surface area contributed by atoms with Crippen LogP contribution in [0, 0.1) is 0 Å². The monoisotopic (exact) mass is 354 g/mol. The van der Waals surface area contributed by atoms with E-state index in [9.17, 15) is 4.79 Å². The van der Waals surface area contributed by atoms with Crippen LogP contribution >= 0.6 is 6.04 Å². The summed E-state index contributed by atoms with van der Waals surface area (Å²) in [4.78, 5) is 12.2. The molecule has 1 aliphatic heterocycles. The Kier molecular flexibility index (Phi) is 4.79. The van der Waals surface area contributed by atoms with Crippen molar-refractivity contribution in [3.05, 3.63) is 72.0 Å². The van der Waals surface area contributed by atoms with E-state index in [1.807, 2.05) is 72.6 Å². The van der Waals surface area contributed by atoms with Crippen molar-refractivity contribution in [2.45, 2.75) is 13.8 Å². The van der Waals surface area contributed by atoms with Crippen molar-refractivity contribution in [2.75, 3.05) is 11.2 Å². The van der Waals surface area contributed by atoms with Crippen LogP contribution in [0.3, 0.4) is 0 Å². The Hall–Kier alpha value is -2.03. The molecule has 2 aromatic rings. The highest BCUT2D eigenvalue weighted by Crippen LogP contribution is 2.54. The molecule has 0 bridgehead atoms. The van der Waals surface area contributed by atoms with Gasteiger partial charge in [-0.05, 0) is 24.1 Å². The quantitative estimate of drug-likeness (QED) is 0.732. The number of ketones is 1. The summed E-state index contributed by atoms with van der Waals surface area (Å²) in [6.07, 6.45) is 0.750. The number of para-hydroxylation sites is 1. The summed E-state index contributed by atoms with van der Waals surface area (Å²) in [5, 5.41) is 6.55. The smallest absolute Gasteiger partial charge is 0.181 e. The normalized spacial score (nSPS) is 20.3. The minimum absolute atomic E-state index is 0.0375. The first kappa shape index (κ1) is 16.8. The van der Waals surface area contributed by atoms with E-state index in [2.05, 4.69) is 5.82 Å². The van der Waals surface area contributed by atoms with Crippen LogP contribution in [-0.2, 0) is 16.6 Å². The number of hydrogen-bond donors (Lipinski definition) is 0. The van der Waals surface area contributed by atoms with Gasteiger partial charge in [0.25, 0.3) is 0 Å². The minimum Gasteiger partial charge on any atom is -0.293 e. The fourth-order valence-corrected chi connectivity index (χ4v) is 5.51. The summed E-state index contributed by atoms with van der Waals surface area (Å²) in [5.41, 5.74) is 3.46. The largest absolute Gasteiger partial charge is 0.293 e. The summed E-state index contributed by atoms with van der Waals surface area (Å²) < 4.78 is 0. The number of anilines is 1. The van der Waals surface area contributed by atoms with E-state index in [4.69, 9.17) is 16.9 Å². The van der Waals surface area contributed by atoms with E-state index in [0.29, 0.717) is 5.45 Å². The zero-order chi connectivity index (χ0) is 17.2. The van der Waals surface area contributed by atoms with Crippen LogP contribution in [0.15, 0.2) is 71.6 Å². The molecule has 0 radical (unpaired) electrons. The summed E-state index contributed by atoms with van der Waals surface area (Å²) >= 11 is 5.89. The summed E-state index contributed by atoms with van der Waals surface area (Å²) in [6, 6.07) is 17.8. The molecule has 0 amide bonds. The summed E-state index contributed by atoms with van der Waals surface area (Å²) in [7, 11) is 0. The molecule has 1 unspecified atom stereocenters. The maximum absolute atomic E-state index is 12.2. The standard InChI is InChI=1S/C19H19N2OPS/c1-3-23(24)14-18(16-10-6-4-7-11-16)21(20-19(23)15(2)22)17-12-8-5-9-13-17/h4-14H,3H2,1-2H3. The third-order valence-corrected chi connectivity index (χ3v) is 8.30. The maximum atomic E-state index is 12.2. The van der Waals surface area contributed by atoms with Gasteiger partial charge in [0, 0.05) is 18.5 Å². The number of carbonyl (C=O) groups excluding carboxylic acids is 1. The fraction of sp³-hybridized carbons (Fsp3) is 0.158. The second kappa shape index (κ2) is 6.84. The molecule has 3 nitrogen and oxygen atoms in total. The lowest BCUT2D eigenvalue weighted by atomic mass is 10.1. The first-order valence-electron chi connectivity index (χ1n) is 7.87. The maximum Gasteiger partial charge on any atom is 0.181 e. The number of benzene rings is 2. The van der Waals surface area contributed by atoms with Gasteiger partial charge in [0.05, 0.1) is 11.4 Å². The zero-order valence-corrected chi connectivity index (χ0v) is 15.4. The highest BCUT2D eigenvalue weighted by atomic mass is 32.4. The van der Waals surface area contributed by atoms with E-state index < -0.39 is 6.04 Å². The molecule has 5 heteroatoms. The topological polar surface area (TPSA) is 32.7 Å². The molecule has 1 heterocycles. The average Bonchev–Trinajstić information content (AvgIpc) is 2.62. The van der Waals surface area contributed by atoms with Crippen molar-refractivity contribution in [3.63, 3.8) is 0 Å². The van der Waals surface area contributed by atoms with Crippen molar-refractivity contribution in [3.8, 4) is 0 Å². The highest BCUT2D eigenvalue weighted by molar-refractivity contribution is 8.25. The summed E-state index contributed by atoms with van der Waals surface area (Å²) in [6.45, 7) is 3.59.